The second kappa shape index (κ2) is 6.66. The molecule has 0 saturated heterocycles. The van der Waals surface area contributed by atoms with E-state index in [1.165, 1.54) is 51.1 Å². The van der Waals surface area contributed by atoms with E-state index in [9.17, 15) is 14.7 Å². The molecule has 0 atom stereocenters. The van der Waals surface area contributed by atoms with Gasteiger partial charge in [-0.1, -0.05) is 0 Å². The fourth-order valence-electron chi connectivity index (χ4n) is 2.37. The summed E-state index contributed by atoms with van der Waals surface area (Å²) in [5.74, 6) is -0.105. The molecule has 1 N–H and O–H groups in total. The Morgan fingerprint density at radius 2 is 1.58 bits per heavy atom. The van der Waals surface area contributed by atoms with Crippen LogP contribution in [0.4, 0.5) is 0 Å². The minimum absolute atomic E-state index is 0.140. The van der Waals surface area contributed by atoms with Crippen molar-refractivity contribution in [2.45, 2.75) is 6.92 Å². The number of methoxy groups -OCH3 is 3. The number of carbonyl (C=O) groups is 1. The second-order valence-corrected chi connectivity index (χ2v) is 5.15. The fourth-order valence-corrected chi connectivity index (χ4v) is 2.37. The first-order valence-corrected chi connectivity index (χ1v) is 7.10. The highest BCUT2D eigenvalue weighted by Crippen LogP contribution is 2.38. The van der Waals surface area contributed by atoms with Gasteiger partial charge in [-0.15, -0.1) is 0 Å². The van der Waals surface area contributed by atoms with Crippen LogP contribution in [-0.4, -0.2) is 36.8 Å². The maximum Gasteiger partial charge on any atom is 0.265 e. The molecule has 0 spiro atoms. The lowest BCUT2D eigenvalue weighted by molar-refractivity contribution is 0.103. The van der Waals surface area contributed by atoms with Gasteiger partial charge in [-0.25, -0.2) is 0 Å². The van der Waals surface area contributed by atoms with Crippen molar-refractivity contribution < 1.29 is 24.1 Å². The van der Waals surface area contributed by atoms with Crippen LogP contribution in [0.25, 0.3) is 0 Å². The highest BCUT2D eigenvalue weighted by Gasteiger charge is 2.23. The zero-order chi connectivity index (χ0) is 18.0. The molecule has 0 saturated carbocycles. The molecule has 1 aromatic heterocycles. The van der Waals surface area contributed by atoms with Crippen LogP contribution in [0, 0.1) is 6.92 Å². The van der Waals surface area contributed by atoms with Gasteiger partial charge in [0.25, 0.3) is 5.56 Å². The quantitative estimate of drug-likeness (QED) is 0.837. The van der Waals surface area contributed by atoms with Crippen molar-refractivity contribution in [1.82, 2.24) is 4.57 Å². The molecule has 0 unspecified atom stereocenters. The molecule has 7 nitrogen and oxygen atoms in total. The Kier molecular flexibility index (Phi) is 4.82. The van der Waals surface area contributed by atoms with E-state index >= 15 is 0 Å². The zero-order valence-corrected chi connectivity index (χ0v) is 14.2. The standard InChI is InChI=1S/C17H19NO6/c1-9-6-11(19)14(17(21)18(9)2)15(20)10-7-12(22-3)16(24-5)13(8-10)23-4/h6-8,19H,1-5H3. The summed E-state index contributed by atoms with van der Waals surface area (Å²) in [6.45, 7) is 1.66. The fraction of sp³-hybridized carbons (Fsp3) is 0.294. The first-order valence-electron chi connectivity index (χ1n) is 7.10. The molecular formula is C17H19NO6. The van der Waals surface area contributed by atoms with Gasteiger partial charge in [-0.3, -0.25) is 9.59 Å². The maximum atomic E-state index is 12.8. The molecule has 0 aliphatic heterocycles. The summed E-state index contributed by atoms with van der Waals surface area (Å²) >= 11 is 0. The molecule has 1 heterocycles. The summed E-state index contributed by atoms with van der Waals surface area (Å²) < 4.78 is 16.9. The van der Waals surface area contributed by atoms with E-state index in [1.54, 1.807) is 6.92 Å². The minimum Gasteiger partial charge on any atom is -0.507 e. The van der Waals surface area contributed by atoms with Crippen molar-refractivity contribution in [3.8, 4) is 23.0 Å². The van der Waals surface area contributed by atoms with Crippen molar-refractivity contribution in [1.29, 1.82) is 0 Å². The van der Waals surface area contributed by atoms with Gasteiger partial charge in [-0.05, 0) is 19.1 Å². The number of aromatic hydroxyl groups is 1. The van der Waals surface area contributed by atoms with E-state index in [4.69, 9.17) is 14.2 Å². The molecule has 0 aliphatic carbocycles. The number of pyridine rings is 1. The molecule has 0 fully saturated rings. The summed E-state index contributed by atoms with van der Waals surface area (Å²) in [5, 5.41) is 10.1. The number of hydrogen-bond acceptors (Lipinski definition) is 6. The lowest BCUT2D eigenvalue weighted by Gasteiger charge is -2.14. The molecular weight excluding hydrogens is 314 g/mol. The highest BCUT2D eigenvalue weighted by molar-refractivity contribution is 6.11. The van der Waals surface area contributed by atoms with Gasteiger partial charge >= 0.3 is 0 Å². The Balaban J connectivity index is 2.68. The van der Waals surface area contributed by atoms with Crippen LogP contribution in [0.5, 0.6) is 23.0 Å². The van der Waals surface area contributed by atoms with Crippen molar-refractivity contribution >= 4 is 5.78 Å². The number of aryl methyl sites for hydroxylation is 1. The van der Waals surface area contributed by atoms with Crippen molar-refractivity contribution in [2.24, 2.45) is 7.05 Å². The van der Waals surface area contributed by atoms with Gasteiger partial charge in [0.2, 0.25) is 11.5 Å². The van der Waals surface area contributed by atoms with Crippen LogP contribution >= 0.6 is 0 Å². The Bertz CT molecular complexity index is 828. The summed E-state index contributed by atoms with van der Waals surface area (Å²) in [6.07, 6.45) is 0. The molecule has 1 aromatic carbocycles. The number of rotatable bonds is 5. The molecule has 2 rings (SSSR count). The number of ether oxygens (including phenoxy) is 3. The average molecular weight is 333 g/mol. The van der Waals surface area contributed by atoms with Crippen LogP contribution < -0.4 is 19.8 Å². The average Bonchev–Trinajstić information content (AvgIpc) is 2.58. The van der Waals surface area contributed by atoms with Crippen LogP contribution in [0.2, 0.25) is 0 Å². The lowest BCUT2D eigenvalue weighted by Crippen LogP contribution is -2.26. The zero-order valence-electron chi connectivity index (χ0n) is 14.2. The topological polar surface area (TPSA) is 87.0 Å². The molecule has 0 radical (unpaired) electrons. The number of ketones is 1. The van der Waals surface area contributed by atoms with Gasteiger partial charge in [0.15, 0.2) is 11.5 Å². The van der Waals surface area contributed by atoms with Gasteiger partial charge < -0.3 is 23.9 Å². The third-order valence-corrected chi connectivity index (χ3v) is 3.80. The van der Waals surface area contributed by atoms with Gasteiger partial charge in [-0.2, -0.15) is 0 Å². The van der Waals surface area contributed by atoms with Crippen molar-refractivity contribution in [2.75, 3.05) is 21.3 Å². The molecule has 24 heavy (non-hydrogen) atoms. The Morgan fingerprint density at radius 1 is 1.04 bits per heavy atom. The maximum absolute atomic E-state index is 12.8. The Hall–Kier alpha value is -2.96. The Labute approximate surface area is 139 Å². The first-order chi connectivity index (χ1) is 11.3. The number of benzene rings is 1. The van der Waals surface area contributed by atoms with E-state index < -0.39 is 11.3 Å². The molecule has 2 aromatic rings. The van der Waals surface area contributed by atoms with E-state index in [0.29, 0.717) is 11.4 Å². The summed E-state index contributed by atoms with van der Waals surface area (Å²) in [4.78, 5) is 25.1. The second-order valence-electron chi connectivity index (χ2n) is 5.15. The van der Waals surface area contributed by atoms with Gasteiger partial charge in [0, 0.05) is 24.4 Å². The molecule has 7 heteroatoms. The van der Waals surface area contributed by atoms with E-state index in [0.717, 1.165) is 0 Å². The molecule has 0 amide bonds. The third kappa shape index (κ3) is 2.80. The third-order valence-electron chi connectivity index (χ3n) is 3.80. The summed E-state index contributed by atoms with van der Waals surface area (Å²) in [7, 11) is 5.83. The smallest absolute Gasteiger partial charge is 0.265 e. The van der Waals surface area contributed by atoms with E-state index in [2.05, 4.69) is 0 Å². The summed E-state index contributed by atoms with van der Waals surface area (Å²) in [5.41, 5.74) is -0.205. The van der Waals surface area contributed by atoms with E-state index in [1.807, 2.05) is 0 Å². The van der Waals surface area contributed by atoms with Crippen LogP contribution in [0.15, 0.2) is 23.0 Å². The van der Waals surface area contributed by atoms with Crippen LogP contribution in [-0.2, 0) is 7.05 Å². The van der Waals surface area contributed by atoms with Crippen molar-refractivity contribution in [3.05, 3.63) is 45.4 Å². The van der Waals surface area contributed by atoms with Gasteiger partial charge in [0.05, 0.1) is 21.3 Å². The molecule has 128 valence electrons. The largest absolute Gasteiger partial charge is 0.507 e. The number of carbonyl (C=O) groups excluding carboxylic acids is 1. The van der Waals surface area contributed by atoms with E-state index in [-0.39, 0.29) is 28.4 Å². The molecule has 0 aliphatic rings. The SMILES string of the molecule is COc1cc(C(=O)c2c(O)cc(C)n(C)c2=O)cc(OC)c1OC. The normalized spacial score (nSPS) is 10.4. The monoisotopic (exact) mass is 333 g/mol. The number of nitrogens with zero attached hydrogens (tertiary/aromatic N) is 1. The van der Waals surface area contributed by atoms with Crippen LogP contribution in [0.1, 0.15) is 21.6 Å². The number of aromatic nitrogens is 1. The lowest BCUT2D eigenvalue weighted by atomic mass is 10.0. The summed E-state index contributed by atoms with van der Waals surface area (Å²) in [6, 6.07) is 4.23. The minimum atomic E-state index is -0.632. The Morgan fingerprint density at radius 3 is 2.04 bits per heavy atom. The first kappa shape index (κ1) is 17.4. The molecule has 0 bridgehead atoms. The number of hydrogen-bond donors (Lipinski definition) is 1. The predicted octanol–water partition coefficient (Wildman–Crippen LogP) is 1.66. The van der Waals surface area contributed by atoms with Crippen LogP contribution in [0.3, 0.4) is 0 Å². The van der Waals surface area contributed by atoms with Crippen molar-refractivity contribution in [3.63, 3.8) is 0 Å². The predicted molar refractivity (Wildman–Crippen MR) is 87.6 cm³/mol. The highest BCUT2D eigenvalue weighted by atomic mass is 16.5. The van der Waals surface area contributed by atoms with Gasteiger partial charge in [0.1, 0.15) is 11.3 Å².